The molecule has 15 heavy (non-hydrogen) atoms. The number of carbonyl (C=O) groups excluding carboxylic acids is 1. The van der Waals surface area contributed by atoms with Gasteiger partial charge in [0, 0.05) is 6.92 Å². The maximum absolute atomic E-state index is 11.1. The van der Waals surface area contributed by atoms with E-state index in [1.54, 1.807) is 6.92 Å². The summed E-state index contributed by atoms with van der Waals surface area (Å²) in [7, 11) is 1.27. The van der Waals surface area contributed by atoms with Crippen LogP contribution >= 0.6 is 0 Å². The Hall–Kier alpha value is -2.11. The smallest absolute Gasteiger partial charge is 0.360 e. The first kappa shape index (κ1) is 9.45. The molecule has 0 radical (unpaired) electrons. The van der Waals surface area contributed by atoms with Gasteiger partial charge in [0.2, 0.25) is 5.89 Å². The lowest BCUT2D eigenvalue weighted by molar-refractivity contribution is 0.0594. The van der Waals surface area contributed by atoms with Crippen molar-refractivity contribution < 1.29 is 18.4 Å². The Balaban J connectivity index is 2.31. The van der Waals surface area contributed by atoms with Gasteiger partial charge in [-0.1, -0.05) is 0 Å². The molecule has 6 nitrogen and oxygen atoms in total. The van der Waals surface area contributed by atoms with Gasteiger partial charge in [0.15, 0.2) is 17.3 Å². The predicted molar refractivity (Wildman–Crippen MR) is 48.1 cm³/mol. The Bertz CT molecular complexity index is 486. The molecule has 78 valence electrons. The van der Waals surface area contributed by atoms with Gasteiger partial charge in [-0.2, -0.15) is 0 Å². The van der Waals surface area contributed by atoms with Crippen LogP contribution in [0.1, 0.15) is 16.4 Å². The average Bonchev–Trinajstić information content (AvgIpc) is 2.84. The van der Waals surface area contributed by atoms with E-state index in [0.717, 1.165) is 0 Å². The van der Waals surface area contributed by atoms with Gasteiger partial charge in [0.05, 0.1) is 7.11 Å². The zero-order valence-corrected chi connectivity index (χ0v) is 8.18. The van der Waals surface area contributed by atoms with Gasteiger partial charge in [0.1, 0.15) is 12.5 Å². The monoisotopic (exact) mass is 208 g/mol. The van der Waals surface area contributed by atoms with E-state index >= 15 is 0 Å². The number of esters is 1. The summed E-state index contributed by atoms with van der Waals surface area (Å²) in [5, 5.41) is 0. The molecule has 0 saturated heterocycles. The van der Waals surface area contributed by atoms with E-state index < -0.39 is 5.97 Å². The molecule has 2 rings (SSSR count). The maximum Gasteiger partial charge on any atom is 0.360 e. The van der Waals surface area contributed by atoms with Crippen LogP contribution in [0.5, 0.6) is 0 Å². The number of aryl methyl sites for hydroxylation is 1. The van der Waals surface area contributed by atoms with E-state index in [2.05, 4.69) is 14.7 Å². The third-order valence-corrected chi connectivity index (χ3v) is 1.74. The highest BCUT2D eigenvalue weighted by Gasteiger charge is 2.15. The first-order valence-electron chi connectivity index (χ1n) is 4.17. The van der Waals surface area contributed by atoms with Crippen molar-refractivity contribution in [3.63, 3.8) is 0 Å². The number of hydrogen-bond acceptors (Lipinski definition) is 6. The molecule has 2 aromatic heterocycles. The normalized spacial score (nSPS) is 10.3. The molecule has 0 bridgehead atoms. The minimum absolute atomic E-state index is 0.105. The number of aromatic nitrogens is 2. The molecule has 0 spiro atoms. The van der Waals surface area contributed by atoms with Crippen LogP contribution < -0.4 is 0 Å². The predicted octanol–water partition coefficient (Wildman–Crippen LogP) is 1.42. The van der Waals surface area contributed by atoms with E-state index in [1.807, 2.05) is 0 Å². The summed E-state index contributed by atoms with van der Waals surface area (Å²) in [6.07, 6.45) is 2.62. The third-order valence-electron chi connectivity index (χ3n) is 1.74. The first-order valence-corrected chi connectivity index (χ1v) is 4.17. The lowest BCUT2D eigenvalue weighted by Gasteiger charge is -1.89. The number of methoxy groups -OCH3 is 1. The van der Waals surface area contributed by atoms with Gasteiger partial charge < -0.3 is 13.6 Å². The van der Waals surface area contributed by atoms with E-state index in [1.165, 1.54) is 19.6 Å². The second-order valence-electron chi connectivity index (χ2n) is 2.78. The van der Waals surface area contributed by atoms with Crippen molar-refractivity contribution in [3.8, 4) is 11.6 Å². The standard InChI is InChI=1S/C9H8N2O4/c1-5-10-6(3-14-5)8-11-7(4-15-8)9(12)13-2/h3-4H,1-2H3. The highest BCUT2D eigenvalue weighted by molar-refractivity contribution is 5.87. The molecule has 0 atom stereocenters. The van der Waals surface area contributed by atoms with Crippen LogP contribution in [0, 0.1) is 6.92 Å². The van der Waals surface area contributed by atoms with Crippen LogP contribution in [0.2, 0.25) is 0 Å². The summed E-state index contributed by atoms with van der Waals surface area (Å²) in [6.45, 7) is 1.70. The third kappa shape index (κ3) is 1.74. The van der Waals surface area contributed by atoms with Gasteiger partial charge in [0.25, 0.3) is 0 Å². The van der Waals surface area contributed by atoms with Crippen LogP contribution in [-0.4, -0.2) is 23.0 Å². The van der Waals surface area contributed by atoms with Crippen LogP contribution in [0.4, 0.5) is 0 Å². The summed E-state index contributed by atoms with van der Waals surface area (Å²) in [6, 6.07) is 0. The Kier molecular flexibility index (Phi) is 2.24. The zero-order chi connectivity index (χ0) is 10.8. The second kappa shape index (κ2) is 3.56. The van der Waals surface area contributed by atoms with Gasteiger partial charge in [-0.25, -0.2) is 14.8 Å². The van der Waals surface area contributed by atoms with Crippen LogP contribution in [0.25, 0.3) is 11.6 Å². The largest absolute Gasteiger partial charge is 0.464 e. The van der Waals surface area contributed by atoms with E-state index in [-0.39, 0.29) is 11.6 Å². The molecule has 0 amide bonds. The van der Waals surface area contributed by atoms with Crippen LogP contribution in [-0.2, 0) is 4.74 Å². The fourth-order valence-electron chi connectivity index (χ4n) is 1.05. The Morgan fingerprint density at radius 1 is 1.33 bits per heavy atom. The van der Waals surface area contributed by atoms with E-state index in [0.29, 0.717) is 11.6 Å². The SMILES string of the molecule is COC(=O)c1coc(-c2coc(C)n2)n1. The van der Waals surface area contributed by atoms with E-state index in [9.17, 15) is 4.79 Å². The summed E-state index contributed by atoms with van der Waals surface area (Å²) in [5.74, 6) is 0.181. The molecule has 2 heterocycles. The quantitative estimate of drug-likeness (QED) is 0.694. The molecule has 0 aliphatic heterocycles. The molecule has 0 aromatic carbocycles. The summed E-state index contributed by atoms with van der Waals surface area (Å²) < 4.78 is 14.5. The van der Waals surface area contributed by atoms with Crippen molar-refractivity contribution >= 4 is 5.97 Å². The number of nitrogens with zero attached hydrogens (tertiary/aromatic N) is 2. The minimum atomic E-state index is -0.551. The fourth-order valence-corrected chi connectivity index (χ4v) is 1.05. The van der Waals surface area contributed by atoms with Gasteiger partial charge in [-0.05, 0) is 0 Å². The minimum Gasteiger partial charge on any atom is -0.464 e. The molecule has 0 aliphatic carbocycles. The van der Waals surface area contributed by atoms with Crippen molar-refractivity contribution in [2.75, 3.05) is 7.11 Å². The molecule has 6 heteroatoms. The van der Waals surface area contributed by atoms with Crippen LogP contribution in [0.15, 0.2) is 21.4 Å². The Morgan fingerprint density at radius 2 is 2.13 bits per heavy atom. The van der Waals surface area contributed by atoms with Gasteiger partial charge in [-0.3, -0.25) is 0 Å². The molecule has 0 N–H and O–H groups in total. The van der Waals surface area contributed by atoms with E-state index in [4.69, 9.17) is 8.83 Å². The highest BCUT2D eigenvalue weighted by Crippen LogP contribution is 2.17. The number of ether oxygens (including phenoxy) is 1. The Labute approximate surface area is 84.9 Å². The molecule has 0 unspecified atom stereocenters. The Morgan fingerprint density at radius 3 is 2.73 bits per heavy atom. The molecule has 0 fully saturated rings. The average molecular weight is 208 g/mol. The topological polar surface area (TPSA) is 78.4 Å². The second-order valence-corrected chi connectivity index (χ2v) is 2.78. The van der Waals surface area contributed by atoms with Crippen molar-refractivity contribution in [1.82, 2.24) is 9.97 Å². The summed E-state index contributed by atoms with van der Waals surface area (Å²) >= 11 is 0. The molecular formula is C9H8N2O4. The lowest BCUT2D eigenvalue weighted by atomic mass is 10.5. The fraction of sp³-hybridized carbons (Fsp3) is 0.222. The first-order chi connectivity index (χ1) is 7.20. The van der Waals surface area contributed by atoms with Crippen molar-refractivity contribution in [2.24, 2.45) is 0 Å². The number of hydrogen-bond donors (Lipinski definition) is 0. The lowest BCUT2D eigenvalue weighted by Crippen LogP contribution is -2.00. The molecule has 0 aliphatic rings. The molecule has 2 aromatic rings. The van der Waals surface area contributed by atoms with Crippen molar-refractivity contribution in [2.45, 2.75) is 6.92 Å². The number of oxazole rings is 2. The van der Waals surface area contributed by atoms with Crippen molar-refractivity contribution in [3.05, 3.63) is 24.1 Å². The number of carbonyl (C=O) groups is 1. The van der Waals surface area contributed by atoms with Crippen LogP contribution in [0.3, 0.4) is 0 Å². The zero-order valence-electron chi connectivity index (χ0n) is 8.18. The van der Waals surface area contributed by atoms with Gasteiger partial charge in [-0.15, -0.1) is 0 Å². The van der Waals surface area contributed by atoms with Gasteiger partial charge >= 0.3 is 5.97 Å². The summed E-state index contributed by atoms with van der Waals surface area (Å²) in [5.41, 5.74) is 0.552. The van der Waals surface area contributed by atoms with Crippen molar-refractivity contribution in [1.29, 1.82) is 0 Å². The number of rotatable bonds is 2. The molecular weight excluding hydrogens is 200 g/mol. The summed E-state index contributed by atoms with van der Waals surface area (Å²) in [4.78, 5) is 19.0. The highest BCUT2D eigenvalue weighted by atomic mass is 16.5. The molecule has 0 saturated carbocycles. The maximum atomic E-state index is 11.1.